The molecule has 0 aromatic carbocycles. The van der Waals surface area contributed by atoms with E-state index in [4.69, 9.17) is 15.1 Å². The van der Waals surface area contributed by atoms with Crippen LogP contribution in [0, 0.1) is 0 Å². The maximum absolute atomic E-state index is 11.0. The number of nitrogens with one attached hydrogen (secondary N) is 1. The zero-order valence-corrected chi connectivity index (χ0v) is 13.3. The van der Waals surface area contributed by atoms with Crippen LogP contribution in [0.4, 0.5) is 5.13 Å². The number of anilines is 1. The molecule has 3 aromatic heterocycles. The number of hydrogen-bond donors (Lipinski definition) is 2. The number of primary amides is 1. The van der Waals surface area contributed by atoms with E-state index in [1.165, 1.54) is 43.3 Å². The minimum atomic E-state index is -0.493. The van der Waals surface area contributed by atoms with Crippen LogP contribution >= 0.6 is 11.3 Å². The fourth-order valence-corrected chi connectivity index (χ4v) is 3.76. The Morgan fingerprint density at radius 1 is 1.48 bits per heavy atom. The normalized spacial score (nSPS) is 15.5. The smallest absolute Gasteiger partial charge is 0.251 e. The van der Waals surface area contributed by atoms with E-state index in [0.717, 1.165) is 15.8 Å². The second-order valence-electron chi connectivity index (χ2n) is 5.80. The molecule has 1 saturated carbocycles. The van der Waals surface area contributed by atoms with E-state index < -0.39 is 5.91 Å². The number of hydrogen-bond acceptors (Lipinski definition) is 6. The second-order valence-corrected chi connectivity index (χ2v) is 6.76. The molecular formula is C15H17N5O2S. The van der Waals surface area contributed by atoms with Crippen LogP contribution in [0.3, 0.4) is 0 Å². The van der Waals surface area contributed by atoms with Gasteiger partial charge in [0, 0.05) is 5.92 Å². The molecule has 23 heavy (non-hydrogen) atoms. The number of amides is 1. The molecule has 0 radical (unpaired) electrons. The van der Waals surface area contributed by atoms with Crippen molar-refractivity contribution >= 4 is 27.3 Å². The summed E-state index contributed by atoms with van der Waals surface area (Å²) in [5.74, 6) is 0.737. The molecule has 7 nitrogen and oxygen atoms in total. The number of rotatable bonds is 5. The van der Waals surface area contributed by atoms with Crippen molar-refractivity contribution in [3.8, 4) is 0 Å². The SMILES string of the molecule is NC(=O)c1coc(CNc2nn3cc(C4CCCC4)nc3s2)c1. The summed E-state index contributed by atoms with van der Waals surface area (Å²) in [7, 11) is 0. The zero-order valence-electron chi connectivity index (χ0n) is 12.5. The number of nitrogens with zero attached hydrogens (tertiary/aromatic N) is 3. The van der Waals surface area contributed by atoms with E-state index in [-0.39, 0.29) is 0 Å². The van der Waals surface area contributed by atoms with Gasteiger partial charge in [0.05, 0.1) is 24.0 Å². The van der Waals surface area contributed by atoms with Crippen molar-refractivity contribution in [2.24, 2.45) is 5.73 Å². The molecule has 1 amide bonds. The highest BCUT2D eigenvalue weighted by atomic mass is 32.1. The van der Waals surface area contributed by atoms with Gasteiger partial charge in [-0.25, -0.2) is 9.50 Å². The first-order valence-corrected chi connectivity index (χ1v) is 8.48. The van der Waals surface area contributed by atoms with Gasteiger partial charge in [0.25, 0.3) is 5.91 Å². The van der Waals surface area contributed by atoms with Gasteiger partial charge in [-0.15, -0.1) is 5.10 Å². The molecule has 1 aliphatic rings. The van der Waals surface area contributed by atoms with Gasteiger partial charge in [-0.2, -0.15) is 0 Å². The van der Waals surface area contributed by atoms with Crippen molar-refractivity contribution in [3.05, 3.63) is 35.5 Å². The van der Waals surface area contributed by atoms with E-state index in [1.807, 2.05) is 10.7 Å². The number of carbonyl (C=O) groups excluding carboxylic acids is 1. The molecule has 0 spiro atoms. The number of fused-ring (bicyclic) bond motifs is 1. The van der Waals surface area contributed by atoms with E-state index in [2.05, 4.69) is 10.4 Å². The summed E-state index contributed by atoms with van der Waals surface area (Å²) in [4.78, 5) is 16.6. The molecule has 0 bridgehead atoms. The highest BCUT2D eigenvalue weighted by Gasteiger charge is 2.21. The van der Waals surface area contributed by atoms with E-state index >= 15 is 0 Å². The third kappa shape index (κ3) is 2.81. The van der Waals surface area contributed by atoms with Crippen LogP contribution in [0.25, 0.3) is 4.96 Å². The van der Waals surface area contributed by atoms with Gasteiger partial charge < -0.3 is 15.5 Å². The number of aromatic nitrogens is 3. The summed E-state index contributed by atoms with van der Waals surface area (Å²) in [6, 6.07) is 1.63. The van der Waals surface area contributed by atoms with E-state index in [0.29, 0.717) is 23.8 Å². The number of carbonyl (C=O) groups is 1. The second kappa shape index (κ2) is 5.69. The van der Waals surface area contributed by atoms with E-state index in [9.17, 15) is 4.79 Å². The molecule has 3 N–H and O–H groups in total. The van der Waals surface area contributed by atoms with Crippen molar-refractivity contribution in [1.82, 2.24) is 14.6 Å². The summed E-state index contributed by atoms with van der Waals surface area (Å²) in [6.45, 7) is 0.444. The first-order chi connectivity index (χ1) is 11.2. The van der Waals surface area contributed by atoms with Gasteiger partial charge in [0.2, 0.25) is 10.1 Å². The number of imidazole rings is 1. The monoisotopic (exact) mass is 331 g/mol. The van der Waals surface area contributed by atoms with Gasteiger partial charge in [-0.1, -0.05) is 24.2 Å². The molecule has 0 aliphatic heterocycles. The Morgan fingerprint density at radius 2 is 2.30 bits per heavy atom. The molecule has 0 unspecified atom stereocenters. The van der Waals surface area contributed by atoms with Crippen molar-refractivity contribution in [3.63, 3.8) is 0 Å². The van der Waals surface area contributed by atoms with Crippen LogP contribution < -0.4 is 11.1 Å². The summed E-state index contributed by atoms with van der Waals surface area (Å²) < 4.78 is 7.11. The van der Waals surface area contributed by atoms with Crippen LogP contribution in [0.5, 0.6) is 0 Å². The van der Waals surface area contributed by atoms with Crippen molar-refractivity contribution in [2.45, 2.75) is 38.1 Å². The van der Waals surface area contributed by atoms with Crippen LogP contribution in [0.15, 0.2) is 22.9 Å². The molecule has 4 rings (SSSR count). The third-order valence-corrected chi connectivity index (χ3v) is 5.07. The van der Waals surface area contributed by atoms with Crippen LogP contribution in [-0.2, 0) is 6.54 Å². The van der Waals surface area contributed by atoms with E-state index in [1.54, 1.807) is 6.07 Å². The predicted octanol–water partition coefficient (Wildman–Crippen LogP) is 2.75. The Morgan fingerprint density at radius 3 is 3.00 bits per heavy atom. The highest BCUT2D eigenvalue weighted by Crippen LogP contribution is 2.34. The van der Waals surface area contributed by atoms with Crippen molar-refractivity contribution in [1.29, 1.82) is 0 Å². The lowest BCUT2D eigenvalue weighted by Gasteiger charge is -2.02. The minimum absolute atomic E-state index is 0.372. The maximum atomic E-state index is 11.0. The van der Waals surface area contributed by atoms with Gasteiger partial charge in [-0.3, -0.25) is 4.79 Å². The Labute approximate surface area is 136 Å². The lowest BCUT2D eigenvalue weighted by Crippen LogP contribution is -2.09. The van der Waals surface area contributed by atoms with Gasteiger partial charge >= 0.3 is 0 Å². The molecule has 0 atom stereocenters. The topological polar surface area (TPSA) is 98.5 Å². The van der Waals surface area contributed by atoms with Gasteiger partial charge in [-0.05, 0) is 18.9 Å². The number of furan rings is 1. The quantitative estimate of drug-likeness (QED) is 0.749. The van der Waals surface area contributed by atoms with Crippen molar-refractivity contribution in [2.75, 3.05) is 5.32 Å². The third-order valence-electron chi connectivity index (χ3n) is 4.19. The first kappa shape index (κ1) is 14.3. The first-order valence-electron chi connectivity index (χ1n) is 7.66. The largest absolute Gasteiger partial charge is 0.467 e. The van der Waals surface area contributed by atoms with Crippen molar-refractivity contribution < 1.29 is 9.21 Å². The zero-order chi connectivity index (χ0) is 15.8. The molecule has 3 aromatic rings. The lowest BCUT2D eigenvalue weighted by molar-refractivity contribution is 0.0999. The van der Waals surface area contributed by atoms with Gasteiger partial charge in [0.15, 0.2) is 0 Å². The lowest BCUT2D eigenvalue weighted by atomic mass is 10.1. The molecule has 0 saturated heterocycles. The summed E-state index contributed by atoms with van der Waals surface area (Å²) in [5, 5.41) is 8.43. The average Bonchev–Trinajstić information content (AvgIpc) is 3.27. The highest BCUT2D eigenvalue weighted by molar-refractivity contribution is 7.20. The summed E-state index contributed by atoms with van der Waals surface area (Å²) in [6.07, 6.45) is 8.46. The molecule has 120 valence electrons. The predicted molar refractivity (Wildman–Crippen MR) is 86.6 cm³/mol. The fourth-order valence-electron chi connectivity index (χ4n) is 2.97. The van der Waals surface area contributed by atoms with Crippen LogP contribution in [0.1, 0.15) is 53.4 Å². The Balaban J connectivity index is 1.44. The minimum Gasteiger partial charge on any atom is -0.467 e. The standard InChI is InChI=1S/C15H17N5O2S/c16-13(21)10-5-11(22-8-10)6-17-14-19-20-7-12(18-15(20)23-14)9-3-1-2-4-9/h5,7-9H,1-4,6H2,(H2,16,21)(H,17,19). The molecular weight excluding hydrogens is 314 g/mol. The Bertz CT molecular complexity index is 812. The Kier molecular flexibility index (Phi) is 3.53. The average molecular weight is 331 g/mol. The number of nitrogens with two attached hydrogens (primary N) is 1. The Hall–Kier alpha value is -2.35. The molecule has 3 heterocycles. The molecule has 1 fully saturated rings. The molecule has 8 heteroatoms. The summed E-state index contributed by atoms with van der Waals surface area (Å²) in [5.41, 5.74) is 6.73. The van der Waals surface area contributed by atoms with Crippen LogP contribution in [-0.4, -0.2) is 20.5 Å². The van der Waals surface area contributed by atoms with Gasteiger partial charge in [0.1, 0.15) is 12.0 Å². The van der Waals surface area contributed by atoms with Crippen LogP contribution in [0.2, 0.25) is 0 Å². The molecule has 1 aliphatic carbocycles. The fraction of sp³-hybridized carbons (Fsp3) is 0.400. The maximum Gasteiger partial charge on any atom is 0.251 e. The summed E-state index contributed by atoms with van der Waals surface area (Å²) >= 11 is 1.51.